The molecule has 0 aliphatic rings. The molecule has 0 radical (unpaired) electrons. The first kappa shape index (κ1) is 12.1. The largest absolute Gasteiger partial charge is 0.310 e. The third-order valence-corrected chi connectivity index (χ3v) is 2.18. The number of pyridine rings is 1. The molecule has 15 heavy (non-hydrogen) atoms. The van der Waals surface area contributed by atoms with E-state index in [1.165, 1.54) is 0 Å². The molecule has 0 bridgehead atoms. The van der Waals surface area contributed by atoms with Crippen LogP contribution in [-0.2, 0) is 4.79 Å². The Morgan fingerprint density at radius 2 is 2.33 bits per heavy atom. The zero-order valence-electron chi connectivity index (χ0n) is 8.59. The number of hydrogen-bond acceptors (Lipinski definition) is 3. The molecule has 1 heterocycles. The Morgan fingerprint density at radius 3 is 2.93 bits per heavy atom. The molecule has 4 nitrogen and oxygen atoms in total. The summed E-state index contributed by atoms with van der Waals surface area (Å²) in [5, 5.41) is 5.71. The van der Waals surface area contributed by atoms with Crippen LogP contribution >= 0.6 is 15.9 Å². The van der Waals surface area contributed by atoms with Crippen LogP contribution in [0.1, 0.15) is 13.3 Å². The Balaban J connectivity index is 2.34. The van der Waals surface area contributed by atoms with Gasteiger partial charge in [-0.1, -0.05) is 6.92 Å². The minimum atomic E-state index is -0.0710. The normalized spacial score (nSPS) is 10.0. The molecule has 0 fully saturated rings. The molecule has 2 N–H and O–H groups in total. The zero-order chi connectivity index (χ0) is 11.1. The van der Waals surface area contributed by atoms with Gasteiger partial charge in [0.15, 0.2) is 0 Å². The van der Waals surface area contributed by atoms with Gasteiger partial charge < -0.3 is 10.6 Å². The summed E-state index contributed by atoms with van der Waals surface area (Å²) in [4.78, 5) is 15.4. The highest BCUT2D eigenvalue weighted by Gasteiger charge is 2.01. The van der Waals surface area contributed by atoms with E-state index in [0.717, 1.165) is 17.4 Å². The van der Waals surface area contributed by atoms with E-state index in [1.807, 2.05) is 6.07 Å². The van der Waals surface area contributed by atoms with Crippen molar-refractivity contribution < 1.29 is 4.79 Å². The topological polar surface area (TPSA) is 54.0 Å². The minimum absolute atomic E-state index is 0.0710. The fraction of sp³-hybridized carbons (Fsp3) is 0.400. The Hall–Kier alpha value is -0.940. The number of rotatable bonds is 5. The van der Waals surface area contributed by atoms with Crippen molar-refractivity contribution in [3.63, 3.8) is 0 Å². The second-order valence-electron chi connectivity index (χ2n) is 3.09. The summed E-state index contributed by atoms with van der Waals surface area (Å²) in [5.74, 6) is 0.500. The number of halogens is 1. The summed E-state index contributed by atoms with van der Waals surface area (Å²) in [7, 11) is 0. The van der Waals surface area contributed by atoms with E-state index < -0.39 is 0 Å². The van der Waals surface area contributed by atoms with Gasteiger partial charge in [-0.15, -0.1) is 0 Å². The third kappa shape index (κ3) is 4.90. The lowest BCUT2D eigenvalue weighted by molar-refractivity contribution is -0.115. The van der Waals surface area contributed by atoms with E-state index in [2.05, 4.69) is 38.5 Å². The third-order valence-electron chi connectivity index (χ3n) is 1.71. The quantitative estimate of drug-likeness (QED) is 0.803. The van der Waals surface area contributed by atoms with Crippen molar-refractivity contribution in [1.29, 1.82) is 0 Å². The van der Waals surface area contributed by atoms with Gasteiger partial charge in [0.1, 0.15) is 5.82 Å². The molecule has 82 valence electrons. The maximum atomic E-state index is 11.3. The smallest absolute Gasteiger partial charge is 0.239 e. The summed E-state index contributed by atoms with van der Waals surface area (Å²) in [6.07, 6.45) is 2.67. The van der Waals surface area contributed by atoms with Crippen LogP contribution in [0.25, 0.3) is 0 Å². The van der Waals surface area contributed by atoms with E-state index in [-0.39, 0.29) is 5.91 Å². The Labute approximate surface area is 97.6 Å². The molecule has 1 aromatic rings. The van der Waals surface area contributed by atoms with Crippen molar-refractivity contribution in [3.8, 4) is 0 Å². The summed E-state index contributed by atoms with van der Waals surface area (Å²) < 4.78 is 0.893. The summed E-state index contributed by atoms with van der Waals surface area (Å²) in [6, 6.07) is 3.59. The van der Waals surface area contributed by atoms with Gasteiger partial charge in [-0.25, -0.2) is 4.98 Å². The number of anilines is 1. The first-order valence-corrected chi connectivity index (χ1v) is 5.64. The van der Waals surface area contributed by atoms with E-state index in [1.54, 1.807) is 12.3 Å². The average Bonchev–Trinajstić information content (AvgIpc) is 2.22. The van der Waals surface area contributed by atoms with Crippen molar-refractivity contribution in [2.45, 2.75) is 13.3 Å². The molecule has 0 saturated carbocycles. The summed E-state index contributed by atoms with van der Waals surface area (Å²) >= 11 is 3.28. The first-order chi connectivity index (χ1) is 7.22. The molecule has 0 spiro atoms. The molecule has 0 aliphatic heterocycles. The summed E-state index contributed by atoms with van der Waals surface area (Å²) in [5.41, 5.74) is 0. The first-order valence-electron chi connectivity index (χ1n) is 4.84. The lowest BCUT2D eigenvalue weighted by Gasteiger charge is -2.04. The number of carbonyl (C=O) groups is 1. The van der Waals surface area contributed by atoms with Crippen LogP contribution in [0, 0.1) is 0 Å². The molecule has 0 saturated heterocycles. The van der Waals surface area contributed by atoms with Crippen LogP contribution in [0.2, 0.25) is 0 Å². The van der Waals surface area contributed by atoms with Crippen molar-refractivity contribution >= 4 is 27.7 Å². The van der Waals surface area contributed by atoms with Crippen LogP contribution in [0.5, 0.6) is 0 Å². The van der Waals surface area contributed by atoms with E-state index >= 15 is 0 Å². The fourth-order valence-corrected chi connectivity index (χ4v) is 1.25. The highest BCUT2D eigenvalue weighted by Crippen LogP contribution is 2.09. The van der Waals surface area contributed by atoms with Crippen LogP contribution in [-0.4, -0.2) is 24.0 Å². The van der Waals surface area contributed by atoms with Crippen molar-refractivity contribution in [2.75, 3.05) is 18.4 Å². The molecule has 0 aromatic carbocycles. The molecule has 0 atom stereocenters. The van der Waals surface area contributed by atoms with Gasteiger partial charge in [-0.3, -0.25) is 4.79 Å². The van der Waals surface area contributed by atoms with Gasteiger partial charge in [0.2, 0.25) is 5.91 Å². The van der Waals surface area contributed by atoms with E-state index in [0.29, 0.717) is 12.4 Å². The number of aromatic nitrogens is 1. The highest BCUT2D eigenvalue weighted by atomic mass is 79.9. The Morgan fingerprint density at radius 1 is 1.53 bits per heavy atom. The second-order valence-corrected chi connectivity index (χ2v) is 4.00. The number of amides is 1. The van der Waals surface area contributed by atoms with Crippen LogP contribution in [0.15, 0.2) is 22.8 Å². The summed E-state index contributed by atoms with van der Waals surface area (Å²) in [6.45, 7) is 3.23. The maximum absolute atomic E-state index is 11.3. The van der Waals surface area contributed by atoms with Gasteiger partial charge in [0, 0.05) is 10.7 Å². The van der Waals surface area contributed by atoms with Gasteiger partial charge in [-0.05, 0) is 41.0 Å². The van der Waals surface area contributed by atoms with Crippen molar-refractivity contribution in [2.24, 2.45) is 0 Å². The molecule has 1 aromatic heterocycles. The lowest BCUT2D eigenvalue weighted by atomic mass is 10.4. The number of nitrogens with zero attached hydrogens (tertiary/aromatic N) is 1. The van der Waals surface area contributed by atoms with Gasteiger partial charge in [0.25, 0.3) is 0 Å². The lowest BCUT2D eigenvalue weighted by Crippen LogP contribution is -2.28. The van der Waals surface area contributed by atoms with E-state index in [9.17, 15) is 4.79 Å². The number of nitrogens with one attached hydrogen (secondary N) is 2. The van der Waals surface area contributed by atoms with Gasteiger partial charge in [-0.2, -0.15) is 0 Å². The minimum Gasteiger partial charge on any atom is -0.310 e. The maximum Gasteiger partial charge on any atom is 0.239 e. The molecular formula is C10H14BrN3O. The van der Waals surface area contributed by atoms with Crippen LogP contribution in [0.4, 0.5) is 5.82 Å². The van der Waals surface area contributed by atoms with Crippen molar-refractivity contribution in [3.05, 3.63) is 22.8 Å². The van der Waals surface area contributed by atoms with Gasteiger partial charge >= 0.3 is 0 Å². The fourth-order valence-electron chi connectivity index (χ4n) is 1.02. The second kappa shape index (κ2) is 6.53. The molecular weight excluding hydrogens is 258 g/mol. The molecule has 5 heteroatoms. The molecule has 0 unspecified atom stereocenters. The predicted molar refractivity (Wildman–Crippen MR) is 63.7 cm³/mol. The van der Waals surface area contributed by atoms with Crippen molar-refractivity contribution in [1.82, 2.24) is 10.3 Å². The molecule has 1 rings (SSSR count). The Kier molecular flexibility index (Phi) is 5.28. The van der Waals surface area contributed by atoms with Gasteiger partial charge in [0.05, 0.1) is 6.54 Å². The van der Waals surface area contributed by atoms with Crippen LogP contribution in [0.3, 0.4) is 0 Å². The predicted octanol–water partition coefficient (Wildman–Crippen LogP) is 1.78. The number of carbonyl (C=O) groups excluding carboxylic acids is 1. The SMILES string of the molecule is CCCNCC(=O)Nc1ccc(Br)cn1. The standard InChI is InChI=1S/C10H14BrN3O/c1-2-5-12-7-10(15)14-9-4-3-8(11)6-13-9/h3-4,6,12H,2,5,7H2,1H3,(H,13,14,15). The van der Waals surface area contributed by atoms with E-state index in [4.69, 9.17) is 0 Å². The zero-order valence-corrected chi connectivity index (χ0v) is 10.2. The monoisotopic (exact) mass is 271 g/mol. The number of hydrogen-bond donors (Lipinski definition) is 2. The highest BCUT2D eigenvalue weighted by molar-refractivity contribution is 9.10. The average molecular weight is 272 g/mol. The van der Waals surface area contributed by atoms with Crippen LogP contribution < -0.4 is 10.6 Å². The Bertz CT molecular complexity index is 313. The molecule has 0 aliphatic carbocycles. The molecule has 1 amide bonds.